The van der Waals surface area contributed by atoms with E-state index >= 15 is 0 Å². The van der Waals surface area contributed by atoms with Gasteiger partial charge in [-0.05, 0) is 47.9 Å². The fourth-order valence-corrected chi connectivity index (χ4v) is 3.18. The Kier molecular flexibility index (Phi) is 5.91. The number of nitrogens with zero attached hydrogens (tertiary/aromatic N) is 1. The standard InChI is InChI=1S/C20H21ClN2O3/c1-26-11-10-23-18-8-7-17(13-15(18)4-9-20(23)25)22-19(24)12-14-2-5-16(21)6-3-14/h2-3,5-8,13H,4,9-12H2,1H3,(H,22,24). The number of methoxy groups -OCH3 is 1. The molecular weight excluding hydrogens is 352 g/mol. The van der Waals surface area contributed by atoms with Crippen molar-refractivity contribution in [3.63, 3.8) is 0 Å². The largest absolute Gasteiger partial charge is 0.383 e. The molecule has 2 aromatic rings. The number of hydrogen-bond acceptors (Lipinski definition) is 3. The summed E-state index contributed by atoms with van der Waals surface area (Å²) in [7, 11) is 1.62. The molecule has 0 spiro atoms. The van der Waals surface area contributed by atoms with Crippen molar-refractivity contribution in [2.45, 2.75) is 19.3 Å². The molecule has 0 aromatic heterocycles. The van der Waals surface area contributed by atoms with Gasteiger partial charge in [0.25, 0.3) is 0 Å². The van der Waals surface area contributed by atoms with Crippen LogP contribution in [-0.4, -0.2) is 32.1 Å². The number of benzene rings is 2. The van der Waals surface area contributed by atoms with Crippen LogP contribution in [0.15, 0.2) is 42.5 Å². The predicted molar refractivity (Wildman–Crippen MR) is 103 cm³/mol. The van der Waals surface area contributed by atoms with E-state index in [0.29, 0.717) is 31.0 Å². The zero-order valence-electron chi connectivity index (χ0n) is 14.6. The van der Waals surface area contributed by atoms with Gasteiger partial charge in [-0.25, -0.2) is 0 Å². The summed E-state index contributed by atoms with van der Waals surface area (Å²) < 4.78 is 5.09. The van der Waals surface area contributed by atoms with Crippen molar-refractivity contribution in [3.05, 3.63) is 58.6 Å². The Bertz CT molecular complexity index is 805. The van der Waals surface area contributed by atoms with E-state index in [0.717, 1.165) is 22.5 Å². The van der Waals surface area contributed by atoms with E-state index in [-0.39, 0.29) is 18.2 Å². The lowest BCUT2D eigenvalue weighted by molar-refractivity contribution is -0.119. The molecule has 1 aliphatic heterocycles. The van der Waals surface area contributed by atoms with E-state index in [1.165, 1.54) is 0 Å². The molecule has 1 heterocycles. The van der Waals surface area contributed by atoms with Crippen LogP contribution in [0.1, 0.15) is 17.5 Å². The number of ether oxygens (including phenoxy) is 1. The Morgan fingerprint density at radius 3 is 2.69 bits per heavy atom. The van der Waals surface area contributed by atoms with Crippen molar-refractivity contribution in [2.24, 2.45) is 0 Å². The number of aryl methyl sites for hydroxylation is 1. The number of anilines is 2. The summed E-state index contributed by atoms with van der Waals surface area (Å²) in [5.74, 6) is 0.0180. The molecule has 1 aliphatic rings. The third-order valence-electron chi connectivity index (χ3n) is 4.36. The Morgan fingerprint density at radius 1 is 1.19 bits per heavy atom. The Labute approximate surface area is 157 Å². The number of carbonyl (C=O) groups excluding carboxylic acids is 2. The van der Waals surface area contributed by atoms with Gasteiger partial charge in [0, 0.05) is 36.5 Å². The topological polar surface area (TPSA) is 58.6 Å². The van der Waals surface area contributed by atoms with Crippen LogP contribution in [0.25, 0.3) is 0 Å². The molecule has 5 nitrogen and oxygen atoms in total. The summed E-state index contributed by atoms with van der Waals surface area (Å²) in [5, 5.41) is 3.57. The number of fused-ring (bicyclic) bond motifs is 1. The third-order valence-corrected chi connectivity index (χ3v) is 4.61. The number of hydrogen-bond donors (Lipinski definition) is 1. The normalized spacial score (nSPS) is 13.5. The molecule has 2 aromatic carbocycles. The highest BCUT2D eigenvalue weighted by atomic mass is 35.5. The fraction of sp³-hybridized carbons (Fsp3) is 0.300. The second-order valence-electron chi connectivity index (χ2n) is 6.23. The van der Waals surface area contributed by atoms with Gasteiger partial charge in [-0.15, -0.1) is 0 Å². The minimum Gasteiger partial charge on any atom is -0.383 e. The highest BCUT2D eigenvalue weighted by molar-refractivity contribution is 6.30. The van der Waals surface area contributed by atoms with E-state index in [1.807, 2.05) is 30.3 Å². The van der Waals surface area contributed by atoms with Crippen molar-refractivity contribution >= 4 is 34.8 Å². The Hall–Kier alpha value is -2.37. The predicted octanol–water partition coefficient (Wildman–Crippen LogP) is 3.45. The number of amides is 2. The number of rotatable bonds is 6. The molecule has 0 saturated heterocycles. The van der Waals surface area contributed by atoms with Crippen molar-refractivity contribution < 1.29 is 14.3 Å². The van der Waals surface area contributed by atoms with Crippen LogP contribution in [0, 0.1) is 0 Å². The Morgan fingerprint density at radius 2 is 1.96 bits per heavy atom. The van der Waals surface area contributed by atoms with Crippen molar-refractivity contribution in [1.82, 2.24) is 0 Å². The molecule has 3 rings (SSSR count). The highest BCUT2D eigenvalue weighted by Crippen LogP contribution is 2.30. The molecule has 136 valence electrons. The average molecular weight is 373 g/mol. The third kappa shape index (κ3) is 4.42. The lowest BCUT2D eigenvalue weighted by atomic mass is 10.0. The maximum atomic E-state index is 12.3. The van der Waals surface area contributed by atoms with E-state index in [4.69, 9.17) is 16.3 Å². The second kappa shape index (κ2) is 8.34. The maximum absolute atomic E-state index is 12.3. The number of carbonyl (C=O) groups is 2. The first-order chi connectivity index (χ1) is 12.6. The van der Waals surface area contributed by atoms with E-state index in [9.17, 15) is 9.59 Å². The molecule has 2 amide bonds. The highest BCUT2D eigenvalue weighted by Gasteiger charge is 2.24. The van der Waals surface area contributed by atoms with Crippen LogP contribution >= 0.6 is 11.6 Å². The van der Waals surface area contributed by atoms with E-state index in [2.05, 4.69) is 5.32 Å². The van der Waals surface area contributed by atoms with Gasteiger partial charge in [0.15, 0.2) is 0 Å². The molecule has 0 aliphatic carbocycles. The smallest absolute Gasteiger partial charge is 0.228 e. The second-order valence-corrected chi connectivity index (χ2v) is 6.67. The van der Waals surface area contributed by atoms with Gasteiger partial charge in [-0.2, -0.15) is 0 Å². The van der Waals surface area contributed by atoms with Gasteiger partial charge in [-0.1, -0.05) is 23.7 Å². The van der Waals surface area contributed by atoms with Gasteiger partial charge in [0.05, 0.1) is 13.0 Å². The monoisotopic (exact) mass is 372 g/mol. The molecule has 6 heteroatoms. The molecule has 1 N–H and O–H groups in total. The first-order valence-corrected chi connectivity index (χ1v) is 8.91. The van der Waals surface area contributed by atoms with Crippen LogP contribution < -0.4 is 10.2 Å². The van der Waals surface area contributed by atoms with Gasteiger partial charge in [-0.3, -0.25) is 9.59 Å². The molecule has 0 bridgehead atoms. The molecular formula is C20H21ClN2O3. The maximum Gasteiger partial charge on any atom is 0.228 e. The van der Waals surface area contributed by atoms with Crippen LogP contribution in [0.2, 0.25) is 5.02 Å². The molecule has 0 fully saturated rings. The molecule has 0 radical (unpaired) electrons. The summed E-state index contributed by atoms with van der Waals surface area (Å²) >= 11 is 5.86. The summed E-state index contributed by atoms with van der Waals surface area (Å²) in [6.07, 6.45) is 1.43. The minimum atomic E-state index is -0.0876. The average Bonchev–Trinajstić information content (AvgIpc) is 2.63. The summed E-state index contributed by atoms with van der Waals surface area (Å²) in [6, 6.07) is 12.9. The van der Waals surface area contributed by atoms with Crippen molar-refractivity contribution in [2.75, 3.05) is 30.5 Å². The Balaban J connectivity index is 1.69. The summed E-state index contributed by atoms with van der Waals surface area (Å²) in [5.41, 5.74) is 3.60. The van der Waals surface area contributed by atoms with Gasteiger partial charge < -0.3 is 15.0 Å². The van der Waals surface area contributed by atoms with Crippen LogP contribution in [-0.2, 0) is 27.2 Å². The van der Waals surface area contributed by atoms with Crippen molar-refractivity contribution in [3.8, 4) is 0 Å². The molecule has 26 heavy (non-hydrogen) atoms. The van der Waals surface area contributed by atoms with Crippen molar-refractivity contribution in [1.29, 1.82) is 0 Å². The van der Waals surface area contributed by atoms with Crippen LogP contribution in [0.5, 0.6) is 0 Å². The van der Waals surface area contributed by atoms with Crippen LogP contribution in [0.4, 0.5) is 11.4 Å². The summed E-state index contributed by atoms with van der Waals surface area (Å²) in [4.78, 5) is 26.2. The summed E-state index contributed by atoms with van der Waals surface area (Å²) in [6.45, 7) is 1.02. The fourth-order valence-electron chi connectivity index (χ4n) is 3.06. The van der Waals surface area contributed by atoms with Gasteiger partial charge >= 0.3 is 0 Å². The van der Waals surface area contributed by atoms with E-state index in [1.54, 1.807) is 24.1 Å². The zero-order valence-corrected chi connectivity index (χ0v) is 15.4. The van der Waals surface area contributed by atoms with E-state index < -0.39 is 0 Å². The lowest BCUT2D eigenvalue weighted by Crippen LogP contribution is -2.37. The number of nitrogens with one attached hydrogen (secondary N) is 1. The number of halogens is 1. The first kappa shape index (κ1) is 18.4. The molecule has 0 saturated carbocycles. The van der Waals surface area contributed by atoms with Crippen LogP contribution in [0.3, 0.4) is 0 Å². The van der Waals surface area contributed by atoms with Gasteiger partial charge in [0.2, 0.25) is 11.8 Å². The minimum absolute atomic E-state index is 0.0876. The SMILES string of the molecule is COCCN1C(=O)CCc2cc(NC(=O)Cc3ccc(Cl)cc3)ccc21. The zero-order chi connectivity index (χ0) is 18.5. The molecule has 0 atom stereocenters. The lowest BCUT2D eigenvalue weighted by Gasteiger charge is -2.29. The quantitative estimate of drug-likeness (QED) is 0.844. The molecule has 0 unspecified atom stereocenters. The van der Waals surface area contributed by atoms with Gasteiger partial charge in [0.1, 0.15) is 0 Å². The first-order valence-electron chi connectivity index (χ1n) is 8.53.